The maximum Gasteiger partial charge on any atom is 0.126 e. The van der Waals surface area contributed by atoms with Gasteiger partial charge in [0.25, 0.3) is 0 Å². The van der Waals surface area contributed by atoms with Crippen LogP contribution in [0.1, 0.15) is 0 Å². The number of thiazole rings is 1. The second-order valence-corrected chi connectivity index (χ2v) is 4.93. The Morgan fingerprint density at radius 1 is 1.00 bits per heavy atom. The summed E-state index contributed by atoms with van der Waals surface area (Å²) in [6, 6.07) is 8.72. The maximum absolute atomic E-state index is 13.2. The van der Waals surface area contributed by atoms with E-state index in [9.17, 15) is 8.78 Å². The second-order valence-electron chi connectivity index (χ2n) is 3.90. The van der Waals surface area contributed by atoms with Crippen molar-refractivity contribution < 1.29 is 8.78 Å². The average molecular weight is 262 g/mol. The lowest BCUT2D eigenvalue weighted by atomic mass is 10.2. The number of hydrogen-bond donors (Lipinski definition) is 1. The molecule has 2 N–H and O–H groups in total. The van der Waals surface area contributed by atoms with Crippen molar-refractivity contribution >= 4 is 27.2 Å². The summed E-state index contributed by atoms with van der Waals surface area (Å²) in [5, 5.41) is 0.578. The molecule has 0 atom stereocenters. The number of nitrogens with zero attached hydrogens (tertiary/aromatic N) is 1. The summed E-state index contributed by atoms with van der Waals surface area (Å²) in [6.45, 7) is 0. The first kappa shape index (κ1) is 11.1. The van der Waals surface area contributed by atoms with Gasteiger partial charge in [0.15, 0.2) is 0 Å². The van der Waals surface area contributed by atoms with Gasteiger partial charge >= 0.3 is 0 Å². The van der Waals surface area contributed by atoms with Crippen molar-refractivity contribution in [2.45, 2.75) is 0 Å². The highest BCUT2D eigenvalue weighted by Gasteiger charge is 2.09. The van der Waals surface area contributed by atoms with Crippen LogP contribution in [0.5, 0.6) is 0 Å². The largest absolute Gasteiger partial charge is 0.399 e. The standard InChI is InChI=1S/C13H8F2N2S/c14-8-3-7(4-9(15)5-8)13-17-11-2-1-10(16)6-12(11)18-13/h1-6H,16H2. The summed E-state index contributed by atoms with van der Waals surface area (Å²) >= 11 is 1.36. The van der Waals surface area contributed by atoms with E-state index in [1.165, 1.54) is 23.5 Å². The number of rotatable bonds is 1. The zero-order chi connectivity index (χ0) is 12.7. The van der Waals surface area contributed by atoms with E-state index in [0.29, 0.717) is 16.3 Å². The molecule has 18 heavy (non-hydrogen) atoms. The molecule has 1 aromatic heterocycles. The van der Waals surface area contributed by atoms with Crippen LogP contribution in [0.25, 0.3) is 20.8 Å². The number of benzene rings is 2. The normalized spacial score (nSPS) is 11.0. The van der Waals surface area contributed by atoms with Crippen LogP contribution in [0.3, 0.4) is 0 Å². The topological polar surface area (TPSA) is 38.9 Å². The number of nitrogen functional groups attached to an aromatic ring is 1. The lowest BCUT2D eigenvalue weighted by Gasteiger charge is -1.96. The number of aromatic nitrogens is 1. The summed E-state index contributed by atoms with van der Waals surface area (Å²) in [7, 11) is 0. The third-order valence-corrected chi connectivity index (χ3v) is 3.59. The Morgan fingerprint density at radius 2 is 1.72 bits per heavy atom. The van der Waals surface area contributed by atoms with Gasteiger partial charge < -0.3 is 5.73 Å². The summed E-state index contributed by atoms with van der Waals surface area (Å²) in [5.74, 6) is -1.22. The Bertz CT molecular complexity index is 717. The molecule has 0 aliphatic carbocycles. The fourth-order valence-electron chi connectivity index (χ4n) is 1.74. The fraction of sp³-hybridized carbons (Fsp3) is 0. The highest BCUT2D eigenvalue weighted by Crippen LogP contribution is 2.31. The molecule has 2 aromatic carbocycles. The Labute approximate surface area is 106 Å². The van der Waals surface area contributed by atoms with Gasteiger partial charge in [-0.1, -0.05) is 0 Å². The Kier molecular flexibility index (Phi) is 2.48. The van der Waals surface area contributed by atoms with E-state index in [2.05, 4.69) is 4.98 Å². The van der Waals surface area contributed by atoms with Gasteiger partial charge in [-0.3, -0.25) is 0 Å². The lowest BCUT2D eigenvalue weighted by Crippen LogP contribution is -1.83. The van der Waals surface area contributed by atoms with Gasteiger partial charge in [-0.15, -0.1) is 11.3 Å². The molecule has 3 rings (SSSR count). The van der Waals surface area contributed by atoms with E-state index in [0.717, 1.165) is 16.3 Å². The first-order valence-electron chi connectivity index (χ1n) is 5.24. The predicted molar refractivity (Wildman–Crippen MR) is 69.4 cm³/mol. The smallest absolute Gasteiger partial charge is 0.126 e. The van der Waals surface area contributed by atoms with Gasteiger partial charge in [0.2, 0.25) is 0 Å². The van der Waals surface area contributed by atoms with Gasteiger partial charge in [0.05, 0.1) is 10.2 Å². The first-order valence-corrected chi connectivity index (χ1v) is 6.06. The molecule has 0 radical (unpaired) electrons. The zero-order valence-corrected chi connectivity index (χ0v) is 9.97. The molecule has 0 spiro atoms. The first-order chi connectivity index (χ1) is 8.61. The van der Waals surface area contributed by atoms with Gasteiger partial charge in [-0.05, 0) is 30.3 Å². The van der Waals surface area contributed by atoms with Crippen LogP contribution in [0, 0.1) is 11.6 Å². The number of hydrogen-bond acceptors (Lipinski definition) is 3. The molecule has 0 fully saturated rings. The van der Waals surface area contributed by atoms with Gasteiger partial charge in [0, 0.05) is 17.3 Å². The van der Waals surface area contributed by atoms with Gasteiger partial charge in [0.1, 0.15) is 16.6 Å². The van der Waals surface area contributed by atoms with E-state index < -0.39 is 11.6 Å². The van der Waals surface area contributed by atoms with Gasteiger partial charge in [-0.2, -0.15) is 0 Å². The van der Waals surface area contributed by atoms with Crippen LogP contribution >= 0.6 is 11.3 Å². The summed E-state index contributed by atoms with van der Waals surface area (Å²) in [4.78, 5) is 4.34. The highest BCUT2D eigenvalue weighted by atomic mass is 32.1. The third-order valence-electron chi connectivity index (χ3n) is 2.52. The quantitative estimate of drug-likeness (QED) is 0.677. The molecular formula is C13H8F2N2S. The van der Waals surface area contributed by atoms with Crippen LogP contribution < -0.4 is 5.73 Å². The Hall–Kier alpha value is -2.01. The molecule has 0 saturated heterocycles. The van der Waals surface area contributed by atoms with Crippen molar-refractivity contribution in [1.29, 1.82) is 0 Å². The van der Waals surface area contributed by atoms with Gasteiger partial charge in [-0.25, -0.2) is 13.8 Å². The number of halogens is 2. The SMILES string of the molecule is Nc1ccc2nc(-c3cc(F)cc(F)c3)sc2c1. The van der Waals surface area contributed by atoms with Crippen LogP contribution in [-0.4, -0.2) is 4.98 Å². The fourth-order valence-corrected chi connectivity index (χ4v) is 2.74. The third kappa shape index (κ3) is 1.93. The minimum absolute atomic E-state index is 0.437. The maximum atomic E-state index is 13.2. The monoisotopic (exact) mass is 262 g/mol. The van der Waals surface area contributed by atoms with Crippen molar-refractivity contribution in [3.05, 3.63) is 48.0 Å². The molecule has 5 heteroatoms. The molecule has 3 aromatic rings. The molecule has 0 saturated carbocycles. The van der Waals surface area contributed by atoms with Crippen LogP contribution in [0.4, 0.5) is 14.5 Å². The Balaban J connectivity index is 2.19. The zero-order valence-electron chi connectivity index (χ0n) is 9.15. The Morgan fingerprint density at radius 3 is 2.44 bits per heavy atom. The van der Waals surface area contributed by atoms with Crippen molar-refractivity contribution in [2.24, 2.45) is 0 Å². The van der Waals surface area contributed by atoms with E-state index in [4.69, 9.17) is 5.73 Å². The van der Waals surface area contributed by atoms with Crippen LogP contribution in [0.2, 0.25) is 0 Å². The molecule has 90 valence electrons. The number of fused-ring (bicyclic) bond motifs is 1. The van der Waals surface area contributed by atoms with E-state index in [1.807, 2.05) is 0 Å². The molecule has 0 aliphatic heterocycles. The molecule has 1 heterocycles. The predicted octanol–water partition coefficient (Wildman–Crippen LogP) is 3.82. The summed E-state index contributed by atoms with van der Waals surface area (Å²) in [5.41, 5.74) is 7.53. The van der Waals surface area contributed by atoms with Crippen molar-refractivity contribution in [3.63, 3.8) is 0 Å². The molecule has 2 nitrogen and oxygen atoms in total. The molecular weight excluding hydrogens is 254 g/mol. The average Bonchev–Trinajstić information content (AvgIpc) is 2.70. The number of anilines is 1. The van der Waals surface area contributed by atoms with Crippen LogP contribution in [-0.2, 0) is 0 Å². The lowest BCUT2D eigenvalue weighted by molar-refractivity contribution is 0.584. The van der Waals surface area contributed by atoms with E-state index >= 15 is 0 Å². The molecule has 0 amide bonds. The highest BCUT2D eigenvalue weighted by molar-refractivity contribution is 7.21. The van der Waals surface area contributed by atoms with Crippen LogP contribution in [0.15, 0.2) is 36.4 Å². The minimum Gasteiger partial charge on any atom is -0.399 e. The van der Waals surface area contributed by atoms with Crippen molar-refractivity contribution in [2.75, 3.05) is 5.73 Å². The van der Waals surface area contributed by atoms with E-state index in [1.54, 1.807) is 18.2 Å². The minimum atomic E-state index is -0.608. The van der Waals surface area contributed by atoms with Crippen molar-refractivity contribution in [1.82, 2.24) is 4.98 Å². The number of nitrogens with two attached hydrogens (primary N) is 1. The van der Waals surface area contributed by atoms with E-state index in [-0.39, 0.29) is 0 Å². The summed E-state index contributed by atoms with van der Waals surface area (Å²) < 4.78 is 27.2. The summed E-state index contributed by atoms with van der Waals surface area (Å²) in [6.07, 6.45) is 0. The van der Waals surface area contributed by atoms with Crippen molar-refractivity contribution in [3.8, 4) is 10.6 Å². The molecule has 0 aliphatic rings. The second kappa shape index (κ2) is 4.03. The molecule has 0 bridgehead atoms. The molecule has 0 unspecified atom stereocenters.